The number of hydrogen-bond acceptors (Lipinski definition) is 3. The van der Waals surface area contributed by atoms with Gasteiger partial charge in [-0.3, -0.25) is 4.79 Å². The molecule has 1 aromatic heterocycles. The lowest BCUT2D eigenvalue weighted by Crippen LogP contribution is -2.33. The molecule has 0 fully saturated rings. The van der Waals surface area contributed by atoms with Crippen molar-refractivity contribution in [3.05, 3.63) is 60.2 Å². The zero-order valence-electron chi connectivity index (χ0n) is 12.5. The summed E-state index contributed by atoms with van der Waals surface area (Å²) in [6.07, 6.45) is 8.66. The van der Waals surface area contributed by atoms with Gasteiger partial charge in [0.2, 0.25) is 0 Å². The molecule has 1 aliphatic rings. The predicted molar refractivity (Wildman–Crippen MR) is 83.6 cm³/mol. The van der Waals surface area contributed by atoms with Crippen molar-refractivity contribution in [3.63, 3.8) is 0 Å². The first-order valence-electron chi connectivity index (χ1n) is 7.54. The maximum atomic E-state index is 13.2. The smallest absolute Gasteiger partial charge is 0.306 e. The Labute approximate surface area is 133 Å². The van der Waals surface area contributed by atoms with Crippen molar-refractivity contribution in [2.45, 2.75) is 25.4 Å². The molecule has 2 atom stereocenters. The second kappa shape index (κ2) is 6.75. The van der Waals surface area contributed by atoms with Crippen molar-refractivity contribution >= 4 is 5.97 Å². The van der Waals surface area contributed by atoms with Crippen LogP contribution in [0.5, 0.6) is 0 Å². The Morgan fingerprint density at radius 1 is 1.48 bits per heavy atom. The van der Waals surface area contributed by atoms with E-state index in [1.54, 1.807) is 23.0 Å². The summed E-state index contributed by atoms with van der Waals surface area (Å²) in [5.74, 6) is -1.38. The van der Waals surface area contributed by atoms with Gasteiger partial charge in [-0.25, -0.2) is 9.07 Å². The van der Waals surface area contributed by atoms with Crippen molar-refractivity contribution < 1.29 is 14.3 Å². The number of nitrogens with one attached hydrogen (secondary N) is 1. The van der Waals surface area contributed by atoms with Gasteiger partial charge in [-0.05, 0) is 31.0 Å². The van der Waals surface area contributed by atoms with E-state index in [4.69, 9.17) is 5.11 Å². The number of halogens is 1. The molecule has 2 N–H and O–H groups in total. The molecule has 1 heterocycles. The summed E-state index contributed by atoms with van der Waals surface area (Å²) in [6.45, 7) is 0.580. The van der Waals surface area contributed by atoms with Gasteiger partial charge in [-0.1, -0.05) is 18.2 Å². The van der Waals surface area contributed by atoms with E-state index >= 15 is 0 Å². The minimum Gasteiger partial charge on any atom is -0.481 e. The van der Waals surface area contributed by atoms with Gasteiger partial charge < -0.3 is 10.4 Å². The molecule has 120 valence electrons. The van der Waals surface area contributed by atoms with Crippen molar-refractivity contribution in [1.82, 2.24) is 15.1 Å². The largest absolute Gasteiger partial charge is 0.481 e. The minimum atomic E-state index is -0.750. The number of allylic oxidation sites excluding steroid dienone is 1. The summed E-state index contributed by atoms with van der Waals surface area (Å²) < 4.78 is 14.9. The lowest BCUT2D eigenvalue weighted by Gasteiger charge is -2.22. The Morgan fingerprint density at radius 3 is 3.13 bits per heavy atom. The number of nitrogens with zero attached hydrogens (tertiary/aromatic N) is 2. The van der Waals surface area contributed by atoms with E-state index in [0.29, 0.717) is 25.1 Å². The van der Waals surface area contributed by atoms with Crippen LogP contribution in [-0.4, -0.2) is 26.9 Å². The van der Waals surface area contributed by atoms with Gasteiger partial charge in [-0.2, -0.15) is 5.10 Å². The molecule has 5 nitrogen and oxygen atoms in total. The molecule has 0 radical (unpaired) electrons. The van der Waals surface area contributed by atoms with Crippen LogP contribution in [0.15, 0.2) is 48.8 Å². The number of carboxylic acids is 1. The number of aliphatic carboxylic acids is 1. The maximum Gasteiger partial charge on any atom is 0.306 e. The average molecular weight is 315 g/mol. The van der Waals surface area contributed by atoms with E-state index in [0.717, 1.165) is 5.56 Å². The first-order valence-corrected chi connectivity index (χ1v) is 7.54. The molecule has 0 saturated heterocycles. The van der Waals surface area contributed by atoms with Crippen molar-refractivity contribution in [2.24, 2.45) is 5.92 Å². The molecule has 0 aliphatic heterocycles. The van der Waals surface area contributed by atoms with Crippen LogP contribution in [0.2, 0.25) is 0 Å². The normalized spacial score (nSPS) is 20.6. The topological polar surface area (TPSA) is 67.2 Å². The fourth-order valence-corrected chi connectivity index (χ4v) is 2.70. The highest BCUT2D eigenvalue weighted by atomic mass is 19.1. The van der Waals surface area contributed by atoms with Gasteiger partial charge in [0.1, 0.15) is 5.82 Å². The lowest BCUT2D eigenvalue weighted by atomic mass is 9.91. The SMILES string of the molecule is O=C(O)[C@@H]1CC=C[C@@H](NCc2cnn(-c3cccc(F)c3)c2)C1. The fraction of sp³-hybridized carbons (Fsp3) is 0.294. The lowest BCUT2D eigenvalue weighted by molar-refractivity contribution is -0.142. The van der Waals surface area contributed by atoms with Crippen LogP contribution >= 0.6 is 0 Å². The highest BCUT2D eigenvalue weighted by Gasteiger charge is 2.23. The molecular formula is C17H18FN3O2. The highest BCUT2D eigenvalue weighted by molar-refractivity contribution is 5.70. The van der Waals surface area contributed by atoms with Gasteiger partial charge >= 0.3 is 5.97 Å². The van der Waals surface area contributed by atoms with Gasteiger partial charge in [0.05, 0.1) is 17.8 Å². The molecule has 3 rings (SSSR count). The Morgan fingerprint density at radius 2 is 2.35 bits per heavy atom. The molecule has 0 spiro atoms. The third-order valence-electron chi connectivity index (χ3n) is 3.95. The number of carbonyl (C=O) groups is 1. The minimum absolute atomic E-state index is 0.0439. The molecule has 23 heavy (non-hydrogen) atoms. The van der Waals surface area contributed by atoms with Crippen LogP contribution in [0.25, 0.3) is 5.69 Å². The quantitative estimate of drug-likeness (QED) is 0.832. The van der Waals surface area contributed by atoms with Crippen molar-refractivity contribution in [1.29, 1.82) is 0 Å². The van der Waals surface area contributed by atoms with Crippen LogP contribution < -0.4 is 5.32 Å². The average Bonchev–Trinajstić information content (AvgIpc) is 3.02. The van der Waals surface area contributed by atoms with Crippen LogP contribution in [0.4, 0.5) is 4.39 Å². The van der Waals surface area contributed by atoms with E-state index in [1.165, 1.54) is 12.1 Å². The second-order valence-corrected chi connectivity index (χ2v) is 5.70. The zero-order valence-corrected chi connectivity index (χ0v) is 12.5. The molecule has 0 unspecified atom stereocenters. The molecular weight excluding hydrogens is 297 g/mol. The molecule has 0 saturated carbocycles. The van der Waals surface area contributed by atoms with Crippen LogP contribution in [0, 0.1) is 11.7 Å². The van der Waals surface area contributed by atoms with E-state index < -0.39 is 5.97 Å². The summed E-state index contributed by atoms with van der Waals surface area (Å²) in [7, 11) is 0. The summed E-state index contributed by atoms with van der Waals surface area (Å²) in [5, 5.41) is 16.6. The van der Waals surface area contributed by atoms with E-state index in [-0.39, 0.29) is 17.8 Å². The van der Waals surface area contributed by atoms with Gasteiger partial charge in [0.15, 0.2) is 0 Å². The van der Waals surface area contributed by atoms with Crippen LogP contribution in [-0.2, 0) is 11.3 Å². The third kappa shape index (κ3) is 3.84. The Balaban J connectivity index is 1.60. The Kier molecular flexibility index (Phi) is 4.52. The number of hydrogen-bond donors (Lipinski definition) is 2. The molecule has 6 heteroatoms. The second-order valence-electron chi connectivity index (χ2n) is 5.70. The zero-order chi connectivity index (χ0) is 16.2. The summed E-state index contributed by atoms with van der Waals surface area (Å²) in [5.41, 5.74) is 1.62. The standard InChI is InChI=1S/C17H18FN3O2/c18-14-4-2-6-16(8-14)21-11-12(10-20-21)9-19-15-5-1-3-13(7-15)17(22)23/h1-2,4-6,8,10-11,13,15,19H,3,7,9H2,(H,22,23)/t13-,15-/m1/s1. The first kappa shape index (κ1) is 15.4. The maximum absolute atomic E-state index is 13.2. The summed E-state index contributed by atoms with van der Waals surface area (Å²) >= 11 is 0. The van der Waals surface area contributed by atoms with Gasteiger partial charge in [-0.15, -0.1) is 0 Å². The van der Waals surface area contributed by atoms with Crippen LogP contribution in [0.3, 0.4) is 0 Å². The van der Waals surface area contributed by atoms with E-state index in [2.05, 4.69) is 10.4 Å². The predicted octanol–water partition coefficient (Wildman–Crippen LogP) is 2.52. The summed E-state index contributed by atoms with van der Waals surface area (Å²) in [4.78, 5) is 11.1. The monoisotopic (exact) mass is 315 g/mol. The third-order valence-corrected chi connectivity index (χ3v) is 3.95. The fourth-order valence-electron chi connectivity index (χ4n) is 2.70. The molecule has 2 aromatic rings. The van der Waals surface area contributed by atoms with E-state index in [1.807, 2.05) is 18.3 Å². The Hall–Kier alpha value is -2.47. The molecule has 1 aromatic carbocycles. The first-order chi connectivity index (χ1) is 11.1. The van der Waals surface area contributed by atoms with E-state index in [9.17, 15) is 9.18 Å². The van der Waals surface area contributed by atoms with Crippen LogP contribution in [0.1, 0.15) is 18.4 Å². The molecule has 0 bridgehead atoms. The van der Waals surface area contributed by atoms with Crippen molar-refractivity contribution in [3.8, 4) is 5.69 Å². The van der Waals surface area contributed by atoms with Crippen molar-refractivity contribution in [2.75, 3.05) is 0 Å². The Bertz CT molecular complexity index is 726. The molecule has 0 amide bonds. The summed E-state index contributed by atoms with van der Waals surface area (Å²) in [6, 6.07) is 6.29. The highest BCUT2D eigenvalue weighted by Crippen LogP contribution is 2.19. The number of rotatable bonds is 5. The number of aromatic nitrogens is 2. The number of benzene rings is 1. The van der Waals surface area contributed by atoms with Gasteiger partial charge in [0, 0.05) is 24.3 Å². The van der Waals surface area contributed by atoms with Gasteiger partial charge in [0.25, 0.3) is 0 Å². The number of carboxylic acid groups (broad SMARTS) is 1. The molecule has 1 aliphatic carbocycles.